The molecule has 0 bridgehead atoms. The number of rotatable bonds is 12. The Balaban J connectivity index is -0.000000329. The second kappa shape index (κ2) is 24.0. The maximum absolute atomic E-state index is 8.74. The second-order valence-corrected chi connectivity index (χ2v) is 6.27. The highest BCUT2D eigenvalue weighted by atomic mass is 32.3. The Kier molecular flexibility index (Phi) is 28.9. The van der Waals surface area contributed by atoms with Gasteiger partial charge >= 0.3 is 10.4 Å². The van der Waals surface area contributed by atoms with Crippen LogP contribution >= 0.6 is 0 Å². The van der Waals surface area contributed by atoms with E-state index in [1.165, 1.54) is 64.2 Å². The first-order valence-corrected chi connectivity index (χ1v) is 10.3. The minimum Gasteiger partial charge on any atom is -0.330 e. The van der Waals surface area contributed by atoms with Gasteiger partial charge in [-0.2, -0.15) is 8.42 Å². The third kappa shape index (κ3) is 61.4. The summed E-state index contributed by atoms with van der Waals surface area (Å²) in [6.07, 6.45) is 13.9. The zero-order valence-corrected chi connectivity index (χ0v) is 16.2. The normalized spacial score (nSPS) is 10.3. The van der Waals surface area contributed by atoms with Crippen molar-refractivity contribution in [3.8, 4) is 0 Å². The number of unbranched alkanes of at least 4 members (excludes halogenated alkanes) is 9. The molecule has 0 aliphatic carbocycles. The minimum absolute atomic E-state index is 0.872. The monoisotopic (exact) mass is 356 g/mol. The van der Waals surface area contributed by atoms with Crippen LogP contribution in [-0.2, 0) is 10.4 Å². The van der Waals surface area contributed by atoms with E-state index < -0.39 is 10.4 Å². The molecule has 0 atom stereocenters. The van der Waals surface area contributed by atoms with Gasteiger partial charge in [0, 0.05) is 0 Å². The van der Waals surface area contributed by atoms with Crippen LogP contribution in [0.25, 0.3) is 0 Å². The van der Waals surface area contributed by atoms with E-state index in [2.05, 4.69) is 26.1 Å². The maximum Gasteiger partial charge on any atom is 0.394 e. The Hall–Kier alpha value is -0.210. The molecule has 0 rings (SSSR count). The van der Waals surface area contributed by atoms with Crippen LogP contribution in [0.5, 0.6) is 0 Å². The van der Waals surface area contributed by atoms with Gasteiger partial charge in [-0.15, -0.1) is 0 Å². The molecule has 0 spiro atoms. The Labute approximate surface area is 144 Å². The number of hydrogen-bond acceptors (Lipinski definition) is 4. The molecule has 0 aliphatic rings. The molecule has 0 aromatic heterocycles. The summed E-state index contributed by atoms with van der Waals surface area (Å²) < 4.78 is 31.6. The summed E-state index contributed by atoms with van der Waals surface area (Å²) in [5.74, 6) is 0. The molecule has 0 heterocycles. The quantitative estimate of drug-likeness (QED) is 0.312. The van der Waals surface area contributed by atoms with E-state index in [1.54, 1.807) is 0 Å². The smallest absolute Gasteiger partial charge is 0.330 e. The first-order chi connectivity index (χ1) is 10.8. The van der Waals surface area contributed by atoms with Gasteiger partial charge in [0.15, 0.2) is 0 Å². The topological polar surface area (TPSA) is 113 Å². The van der Waals surface area contributed by atoms with Crippen molar-refractivity contribution in [3.63, 3.8) is 0 Å². The van der Waals surface area contributed by atoms with Crippen LogP contribution in [0.15, 0.2) is 0 Å². The molecule has 0 saturated heterocycles. The fourth-order valence-corrected chi connectivity index (χ4v) is 1.88. The SMILES string of the molecule is CCCCCCCCCCCCN.CCNCC.O=S(=O)(O)O. The fraction of sp³-hybridized carbons (Fsp3) is 1.00. The maximum atomic E-state index is 8.74. The zero-order chi connectivity index (χ0) is 18.4. The van der Waals surface area contributed by atoms with Gasteiger partial charge in [-0.05, 0) is 26.1 Å². The van der Waals surface area contributed by atoms with Gasteiger partial charge < -0.3 is 11.1 Å². The lowest BCUT2D eigenvalue weighted by Crippen LogP contribution is -2.09. The predicted octanol–water partition coefficient (Wildman–Crippen LogP) is 3.83. The molecule has 7 heteroatoms. The van der Waals surface area contributed by atoms with Crippen molar-refractivity contribution in [2.75, 3.05) is 19.6 Å². The lowest BCUT2D eigenvalue weighted by atomic mass is 10.1. The van der Waals surface area contributed by atoms with Gasteiger partial charge in [0.25, 0.3) is 0 Å². The fourth-order valence-electron chi connectivity index (χ4n) is 1.88. The van der Waals surface area contributed by atoms with Crippen LogP contribution in [0.3, 0.4) is 0 Å². The van der Waals surface area contributed by atoms with E-state index in [1.807, 2.05) is 0 Å². The summed E-state index contributed by atoms with van der Waals surface area (Å²) in [6.45, 7) is 9.53. The Bertz CT molecular complexity index is 266. The van der Waals surface area contributed by atoms with Crippen LogP contribution in [0.4, 0.5) is 0 Å². The lowest BCUT2D eigenvalue weighted by molar-refractivity contribution is 0.381. The van der Waals surface area contributed by atoms with Gasteiger partial charge in [0.05, 0.1) is 0 Å². The highest BCUT2D eigenvalue weighted by molar-refractivity contribution is 7.79. The van der Waals surface area contributed by atoms with Crippen molar-refractivity contribution in [2.45, 2.75) is 85.0 Å². The van der Waals surface area contributed by atoms with Crippen LogP contribution < -0.4 is 11.1 Å². The largest absolute Gasteiger partial charge is 0.394 e. The van der Waals surface area contributed by atoms with Crippen molar-refractivity contribution < 1.29 is 17.5 Å². The van der Waals surface area contributed by atoms with Crippen LogP contribution in [0, 0.1) is 0 Å². The molecule has 6 nitrogen and oxygen atoms in total. The number of nitrogens with one attached hydrogen (secondary N) is 1. The van der Waals surface area contributed by atoms with Gasteiger partial charge in [-0.3, -0.25) is 9.11 Å². The van der Waals surface area contributed by atoms with Crippen molar-refractivity contribution in [1.82, 2.24) is 5.32 Å². The van der Waals surface area contributed by atoms with Crippen molar-refractivity contribution in [1.29, 1.82) is 0 Å². The number of nitrogens with two attached hydrogens (primary N) is 1. The third-order valence-corrected chi connectivity index (χ3v) is 3.06. The molecule has 0 aromatic carbocycles. The van der Waals surface area contributed by atoms with Gasteiger partial charge in [0.2, 0.25) is 0 Å². The summed E-state index contributed by atoms with van der Waals surface area (Å²) in [4.78, 5) is 0. The van der Waals surface area contributed by atoms with E-state index in [0.29, 0.717) is 0 Å². The Morgan fingerprint density at radius 1 is 0.739 bits per heavy atom. The van der Waals surface area contributed by atoms with E-state index in [-0.39, 0.29) is 0 Å². The third-order valence-electron chi connectivity index (χ3n) is 3.06. The highest BCUT2D eigenvalue weighted by Crippen LogP contribution is 2.09. The summed E-state index contributed by atoms with van der Waals surface area (Å²) >= 11 is 0. The van der Waals surface area contributed by atoms with E-state index in [9.17, 15) is 0 Å². The Morgan fingerprint density at radius 2 is 1.04 bits per heavy atom. The molecule has 0 unspecified atom stereocenters. The molecule has 0 saturated carbocycles. The van der Waals surface area contributed by atoms with E-state index >= 15 is 0 Å². The summed E-state index contributed by atoms with van der Waals surface area (Å²) in [7, 11) is -4.67. The molecule has 0 amide bonds. The molecule has 0 aliphatic heterocycles. The zero-order valence-electron chi connectivity index (χ0n) is 15.4. The van der Waals surface area contributed by atoms with Gasteiger partial charge in [0.1, 0.15) is 0 Å². The van der Waals surface area contributed by atoms with Gasteiger partial charge in [-0.1, -0.05) is 78.6 Å². The Morgan fingerprint density at radius 3 is 1.26 bits per heavy atom. The number of hydrogen-bond donors (Lipinski definition) is 4. The van der Waals surface area contributed by atoms with Crippen molar-refractivity contribution in [3.05, 3.63) is 0 Å². The first-order valence-electron chi connectivity index (χ1n) is 8.94. The summed E-state index contributed by atoms with van der Waals surface area (Å²) in [6, 6.07) is 0. The molecule has 0 aromatic rings. The average Bonchev–Trinajstić information content (AvgIpc) is 2.45. The predicted molar refractivity (Wildman–Crippen MR) is 99.3 cm³/mol. The average molecular weight is 357 g/mol. The molecule has 144 valence electrons. The van der Waals surface area contributed by atoms with E-state index in [0.717, 1.165) is 19.6 Å². The summed E-state index contributed by atoms with van der Waals surface area (Å²) in [5, 5.41) is 3.11. The summed E-state index contributed by atoms with van der Waals surface area (Å²) in [5.41, 5.74) is 5.42. The van der Waals surface area contributed by atoms with Crippen LogP contribution in [-0.4, -0.2) is 37.2 Å². The molecular weight excluding hydrogens is 316 g/mol. The molecule has 23 heavy (non-hydrogen) atoms. The first kappa shape index (κ1) is 27.6. The molecule has 0 radical (unpaired) electrons. The van der Waals surface area contributed by atoms with Crippen molar-refractivity contribution in [2.24, 2.45) is 5.73 Å². The van der Waals surface area contributed by atoms with Crippen molar-refractivity contribution >= 4 is 10.4 Å². The van der Waals surface area contributed by atoms with E-state index in [4.69, 9.17) is 23.3 Å². The molecular formula is C16H40N2O4S. The standard InChI is InChI=1S/C12H27N.C4H11N.H2O4S/c1-2-3-4-5-6-7-8-9-10-11-12-13;1-3-5-4-2;1-5(2,3)4/h2-13H2,1H3;5H,3-4H2,1-2H3;(H2,1,2,3,4). The van der Waals surface area contributed by atoms with Crippen LogP contribution in [0.1, 0.15) is 85.0 Å². The minimum atomic E-state index is -4.67. The second-order valence-electron chi connectivity index (χ2n) is 5.38. The highest BCUT2D eigenvalue weighted by Gasteiger charge is 1.91. The molecule has 5 N–H and O–H groups in total. The van der Waals surface area contributed by atoms with Gasteiger partial charge in [-0.25, -0.2) is 0 Å². The van der Waals surface area contributed by atoms with Crippen LogP contribution in [0.2, 0.25) is 0 Å². The molecule has 0 fully saturated rings. The lowest BCUT2D eigenvalue weighted by Gasteiger charge is -2.00.